The lowest BCUT2D eigenvalue weighted by Gasteiger charge is -2.22. The molecule has 4 heteroatoms. The lowest BCUT2D eigenvalue weighted by Crippen LogP contribution is -2.07. The summed E-state index contributed by atoms with van der Waals surface area (Å²) in [5.41, 5.74) is 10.9. The van der Waals surface area contributed by atoms with Crippen LogP contribution in [0.15, 0.2) is 27.8 Å². The second-order valence-electron chi connectivity index (χ2n) is 3.42. The van der Waals surface area contributed by atoms with Gasteiger partial charge < -0.3 is 0 Å². The number of hydrogen-bond acceptors (Lipinski definition) is 1. The number of halogens is 1. The third kappa shape index (κ3) is 1.63. The Kier molecular flexibility index (Phi) is 2.75. The minimum Gasteiger partial charge on any atom is -0.0859 e. The maximum Gasteiger partial charge on any atom is 0.0628 e. The molecule has 0 bridgehead atoms. The number of nitrogens with zero attached hydrogens (tertiary/aromatic N) is 3. The van der Waals surface area contributed by atoms with Crippen molar-refractivity contribution in [3.8, 4) is 0 Å². The largest absolute Gasteiger partial charge is 0.0859 e. The van der Waals surface area contributed by atoms with Crippen molar-refractivity contribution < 1.29 is 0 Å². The van der Waals surface area contributed by atoms with E-state index in [1.54, 1.807) is 0 Å². The van der Waals surface area contributed by atoms with Gasteiger partial charge in [0, 0.05) is 9.38 Å². The zero-order chi connectivity index (χ0) is 9.97. The van der Waals surface area contributed by atoms with Crippen molar-refractivity contribution in [3.63, 3.8) is 0 Å². The quantitative estimate of drug-likeness (QED) is 0.409. The molecule has 72 valence electrons. The summed E-state index contributed by atoms with van der Waals surface area (Å²) in [5.74, 6) is 0. The summed E-state index contributed by atoms with van der Waals surface area (Å²) in [6.45, 7) is 0. The van der Waals surface area contributed by atoms with Gasteiger partial charge in [-0.25, -0.2) is 0 Å². The second-order valence-corrected chi connectivity index (χ2v) is 4.27. The Bertz CT molecular complexity index is 396. The van der Waals surface area contributed by atoms with Crippen molar-refractivity contribution in [3.05, 3.63) is 44.2 Å². The van der Waals surface area contributed by atoms with E-state index >= 15 is 0 Å². The molecule has 2 rings (SSSR count). The molecule has 0 amide bonds. The summed E-state index contributed by atoms with van der Waals surface area (Å²) >= 11 is 3.53. The zero-order valence-corrected chi connectivity index (χ0v) is 9.24. The van der Waals surface area contributed by atoms with Gasteiger partial charge in [0.15, 0.2) is 0 Å². The maximum absolute atomic E-state index is 8.46. The molecule has 0 saturated carbocycles. The third-order valence-electron chi connectivity index (χ3n) is 2.61. The first-order valence-corrected chi connectivity index (χ1v) is 5.43. The van der Waals surface area contributed by atoms with Gasteiger partial charge in [-0.1, -0.05) is 33.2 Å². The molecule has 1 atom stereocenters. The SMILES string of the molecule is [N-]=[N+]=NC1CCCc2c(Br)cccc21. The monoisotopic (exact) mass is 251 g/mol. The number of fused-ring (bicyclic) bond motifs is 1. The Balaban J connectivity index is 2.49. The molecule has 1 unspecified atom stereocenters. The molecule has 0 fully saturated rings. The first-order chi connectivity index (χ1) is 6.83. The average molecular weight is 252 g/mol. The first kappa shape index (κ1) is 9.56. The number of hydrogen-bond donors (Lipinski definition) is 0. The van der Waals surface area contributed by atoms with E-state index < -0.39 is 0 Å². The van der Waals surface area contributed by atoms with Crippen molar-refractivity contribution in [2.75, 3.05) is 0 Å². The summed E-state index contributed by atoms with van der Waals surface area (Å²) in [6, 6.07) is 6.12. The Labute approximate surface area is 90.9 Å². The Morgan fingerprint density at radius 2 is 2.36 bits per heavy atom. The van der Waals surface area contributed by atoms with Gasteiger partial charge in [-0.3, -0.25) is 0 Å². The summed E-state index contributed by atoms with van der Waals surface area (Å²) < 4.78 is 1.13. The minimum atomic E-state index is 0.0289. The molecular weight excluding hydrogens is 242 g/mol. The smallest absolute Gasteiger partial charge is 0.0628 e. The minimum absolute atomic E-state index is 0.0289. The van der Waals surface area contributed by atoms with Gasteiger partial charge in [-0.2, -0.15) is 0 Å². The van der Waals surface area contributed by atoms with Crippen LogP contribution < -0.4 is 0 Å². The molecule has 0 radical (unpaired) electrons. The lowest BCUT2D eigenvalue weighted by molar-refractivity contribution is 0.566. The van der Waals surface area contributed by atoms with Crippen LogP contribution in [0.5, 0.6) is 0 Å². The molecule has 0 spiro atoms. The van der Waals surface area contributed by atoms with E-state index in [1.807, 2.05) is 12.1 Å². The second kappa shape index (κ2) is 4.03. The molecular formula is C10H10BrN3. The Morgan fingerprint density at radius 3 is 3.14 bits per heavy atom. The van der Waals surface area contributed by atoms with Crippen LogP contribution in [-0.2, 0) is 6.42 Å². The van der Waals surface area contributed by atoms with E-state index in [4.69, 9.17) is 5.53 Å². The molecule has 0 heterocycles. The highest BCUT2D eigenvalue weighted by molar-refractivity contribution is 9.10. The molecule has 1 aliphatic rings. The maximum atomic E-state index is 8.46. The van der Waals surface area contributed by atoms with E-state index in [1.165, 1.54) is 11.1 Å². The Morgan fingerprint density at radius 1 is 1.50 bits per heavy atom. The highest BCUT2D eigenvalue weighted by Gasteiger charge is 2.20. The molecule has 0 aromatic heterocycles. The molecule has 0 N–H and O–H groups in total. The standard InChI is InChI=1S/C10H10BrN3/c11-9-5-1-4-8-7(9)3-2-6-10(8)13-14-12/h1,4-5,10H,2-3,6H2. The van der Waals surface area contributed by atoms with Crippen LogP contribution in [0.2, 0.25) is 0 Å². The molecule has 1 aromatic rings. The van der Waals surface area contributed by atoms with Crippen LogP contribution in [0.25, 0.3) is 10.4 Å². The molecule has 1 aliphatic carbocycles. The van der Waals surface area contributed by atoms with Gasteiger partial charge in [0.25, 0.3) is 0 Å². The van der Waals surface area contributed by atoms with Gasteiger partial charge in [0.1, 0.15) is 0 Å². The first-order valence-electron chi connectivity index (χ1n) is 4.64. The topological polar surface area (TPSA) is 48.8 Å². The van der Waals surface area contributed by atoms with Crippen molar-refractivity contribution in [2.24, 2.45) is 5.11 Å². The highest BCUT2D eigenvalue weighted by atomic mass is 79.9. The zero-order valence-electron chi connectivity index (χ0n) is 7.65. The van der Waals surface area contributed by atoms with E-state index in [0.717, 1.165) is 23.7 Å². The Hall–Kier alpha value is -0.990. The normalized spacial score (nSPS) is 19.6. The third-order valence-corrected chi connectivity index (χ3v) is 3.35. The van der Waals surface area contributed by atoms with Gasteiger partial charge in [0.2, 0.25) is 0 Å². The predicted octanol–water partition coefficient (Wildman–Crippen LogP) is 4.14. The molecule has 14 heavy (non-hydrogen) atoms. The van der Waals surface area contributed by atoms with Crippen LogP contribution in [0.1, 0.15) is 30.0 Å². The summed E-state index contributed by atoms with van der Waals surface area (Å²) in [7, 11) is 0. The number of rotatable bonds is 1. The fourth-order valence-corrected chi connectivity index (χ4v) is 2.54. The number of azide groups is 1. The number of benzene rings is 1. The average Bonchev–Trinajstić information content (AvgIpc) is 2.20. The van der Waals surface area contributed by atoms with Crippen LogP contribution in [0.3, 0.4) is 0 Å². The van der Waals surface area contributed by atoms with E-state index in [-0.39, 0.29) is 6.04 Å². The predicted molar refractivity (Wildman–Crippen MR) is 59.0 cm³/mol. The van der Waals surface area contributed by atoms with E-state index in [2.05, 4.69) is 32.0 Å². The summed E-state index contributed by atoms with van der Waals surface area (Å²) in [5, 5.41) is 3.83. The molecule has 3 nitrogen and oxygen atoms in total. The summed E-state index contributed by atoms with van der Waals surface area (Å²) in [6.07, 6.45) is 3.14. The van der Waals surface area contributed by atoms with Crippen LogP contribution in [0, 0.1) is 0 Å². The van der Waals surface area contributed by atoms with E-state index in [9.17, 15) is 0 Å². The molecule has 0 saturated heterocycles. The molecule has 0 aliphatic heterocycles. The lowest BCUT2D eigenvalue weighted by atomic mass is 9.88. The van der Waals surface area contributed by atoms with Crippen LogP contribution >= 0.6 is 15.9 Å². The van der Waals surface area contributed by atoms with Crippen molar-refractivity contribution >= 4 is 15.9 Å². The highest BCUT2D eigenvalue weighted by Crippen LogP contribution is 2.36. The van der Waals surface area contributed by atoms with Crippen molar-refractivity contribution in [1.82, 2.24) is 0 Å². The fourth-order valence-electron chi connectivity index (χ4n) is 1.96. The van der Waals surface area contributed by atoms with Crippen LogP contribution in [-0.4, -0.2) is 0 Å². The van der Waals surface area contributed by atoms with E-state index in [0.29, 0.717) is 0 Å². The fraction of sp³-hybridized carbons (Fsp3) is 0.400. The summed E-state index contributed by atoms with van der Waals surface area (Å²) in [4.78, 5) is 2.90. The van der Waals surface area contributed by atoms with Gasteiger partial charge >= 0.3 is 0 Å². The van der Waals surface area contributed by atoms with Crippen molar-refractivity contribution in [1.29, 1.82) is 0 Å². The van der Waals surface area contributed by atoms with Crippen molar-refractivity contribution in [2.45, 2.75) is 25.3 Å². The van der Waals surface area contributed by atoms with Gasteiger partial charge in [-0.05, 0) is 42.0 Å². The van der Waals surface area contributed by atoms with Gasteiger partial charge in [-0.15, -0.1) is 0 Å². The van der Waals surface area contributed by atoms with Crippen LogP contribution in [0.4, 0.5) is 0 Å². The molecule has 1 aromatic carbocycles. The van der Waals surface area contributed by atoms with Gasteiger partial charge in [0.05, 0.1) is 6.04 Å².